The molecule has 0 bridgehead atoms. The summed E-state index contributed by atoms with van der Waals surface area (Å²) in [6.45, 7) is 5.47. The van der Waals surface area contributed by atoms with Gasteiger partial charge in [0, 0.05) is 11.5 Å². The van der Waals surface area contributed by atoms with E-state index >= 15 is 0 Å². The van der Waals surface area contributed by atoms with Crippen molar-refractivity contribution < 1.29 is 14.1 Å². The summed E-state index contributed by atoms with van der Waals surface area (Å²) in [5.41, 5.74) is 1.40. The number of anilines is 1. The van der Waals surface area contributed by atoms with Crippen LogP contribution in [0, 0.1) is 15.5 Å². The number of nitrogens with one attached hydrogen (secondary N) is 1. The summed E-state index contributed by atoms with van der Waals surface area (Å²) >= 11 is 0. The fourth-order valence-electron chi connectivity index (χ4n) is 2.23. The molecule has 0 aliphatic carbocycles. The minimum Gasteiger partial charge on any atom is -0.436 e. The van der Waals surface area contributed by atoms with Gasteiger partial charge in [-0.05, 0) is 18.2 Å². The quantitative estimate of drug-likeness (QED) is 0.564. The Bertz CT molecular complexity index is 970. The van der Waals surface area contributed by atoms with Crippen molar-refractivity contribution in [3.63, 3.8) is 0 Å². The molecule has 2 aromatic carbocycles. The molecule has 0 spiro atoms. The van der Waals surface area contributed by atoms with Crippen LogP contribution in [0.1, 0.15) is 20.8 Å². The van der Waals surface area contributed by atoms with Gasteiger partial charge in [-0.25, -0.2) is 4.98 Å². The molecule has 7 heteroatoms. The van der Waals surface area contributed by atoms with E-state index in [1.165, 1.54) is 18.2 Å². The number of nitro groups is 1. The third kappa shape index (κ3) is 3.35. The highest BCUT2D eigenvalue weighted by Crippen LogP contribution is 2.32. The minimum atomic E-state index is -0.547. The third-order valence-electron chi connectivity index (χ3n) is 3.67. The fourth-order valence-corrected chi connectivity index (χ4v) is 2.23. The minimum absolute atomic E-state index is 0.0653. The van der Waals surface area contributed by atoms with Crippen molar-refractivity contribution >= 4 is 28.4 Å². The molecule has 0 saturated heterocycles. The Balaban J connectivity index is 2.03. The first-order valence-corrected chi connectivity index (χ1v) is 7.71. The van der Waals surface area contributed by atoms with E-state index in [2.05, 4.69) is 10.3 Å². The van der Waals surface area contributed by atoms with Crippen LogP contribution < -0.4 is 5.32 Å². The number of carbonyl (C=O) groups excluding carboxylic acids is 1. The van der Waals surface area contributed by atoms with Crippen molar-refractivity contribution in [1.29, 1.82) is 0 Å². The molecule has 7 nitrogen and oxygen atoms in total. The molecule has 0 saturated carbocycles. The molecular formula is C18H17N3O4. The van der Waals surface area contributed by atoms with E-state index < -0.39 is 10.3 Å². The molecule has 25 heavy (non-hydrogen) atoms. The summed E-state index contributed by atoms with van der Waals surface area (Å²) in [5, 5.41) is 13.8. The van der Waals surface area contributed by atoms with Gasteiger partial charge >= 0.3 is 0 Å². The zero-order chi connectivity index (χ0) is 18.2. The van der Waals surface area contributed by atoms with Crippen LogP contribution in [0.4, 0.5) is 11.4 Å². The third-order valence-corrected chi connectivity index (χ3v) is 3.67. The van der Waals surface area contributed by atoms with Gasteiger partial charge in [-0.15, -0.1) is 0 Å². The number of para-hydroxylation sites is 1. The smallest absolute Gasteiger partial charge is 0.273 e. The lowest BCUT2D eigenvalue weighted by atomic mass is 9.95. The van der Waals surface area contributed by atoms with Gasteiger partial charge in [-0.3, -0.25) is 14.9 Å². The second-order valence-corrected chi connectivity index (χ2v) is 6.68. The molecule has 0 fully saturated rings. The van der Waals surface area contributed by atoms with Crippen LogP contribution in [0.3, 0.4) is 0 Å². The van der Waals surface area contributed by atoms with E-state index in [1.54, 1.807) is 24.3 Å². The number of oxazole rings is 1. The van der Waals surface area contributed by atoms with E-state index in [4.69, 9.17) is 4.42 Å². The number of hydrogen-bond donors (Lipinski definition) is 1. The molecule has 0 atom stereocenters. The van der Waals surface area contributed by atoms with Crippen molar-refractivity contribution in [3.8, 4) is 11.5 Å². The fraction of sp³-hybridized carbons (Fsp3) is 0.222. The molecule has 128 valence electrons. The number of rotatable bonds is 3. The highest BCUT2D eigenvalue weighted by Gasteiger charge is 2.23. The number of nitrogens with zero attached hydrogens (tertiary/aromatic N) is 2. The Morgan fingerprint density at radius 2 is 1.92 bits per heavy atom. The van der Waals surface area contributed by atoms with E-state index in [0.29, 0.717) is 28.2 Å². The standard InChI is InChI=1S/C18H17N3O4/c1-18(2,3)17(22)20-13-7-5-4-6-12(13)16-19-14-9-8-11(21(23)24)10-15(14)25-16/h4-10H,1-3H3,(H,20,22). The lowest BCUT2D eigenvalue weighted by Crippen LogP contribution is -2.27. The maximum atomic E-state index is 12.3. The van der Waals surface area contributed by atoms with Gasteiger partial charge in [-0.2, -0.15) is 0 Å². The average Bonchev–Trinajstić information content (AvgIpc) is 2.97. The maximum absolute atomic E-state index is 12.3. The van der Waals surface area contributed by atoms with Crippen LogP contribution in [0.5, 0.6) is 0 Å². The molecule has 0 unspecified atom stereocenters. The predicted molar refractivity (Wildman–Crippen MR) is 94.2 cm³/mol. The Morgan fingerprint density at radius 1 is 1.20 bits per heavy atom. The van der Waals surface area contributed by atoms with Gasteiger partial charge in [0.25, 0.3) is 5.69 Å². The van der Waals surface area contributed by atoms with Crippen LogP contribution in [-0.4, -0.2) is 15.8 Å². The molecule has 3 rings (SSSR count). The first-order valence-electron chi connectivity index (χ1n) is 7.71. The Labute approximate surface area is 143 Å². The van der Waals surface area contributed by atoms with Crippen LogP contribution in [0.25, 0.3) is 22.6 Å². The topological polar surface area (TPSA) is 98.3 Å². The van der Waals surface area contributed by atoms with Crippen molar-refractivity contribution in [2.45, 2.75) is 20.8 Å². The van der Waals surface area contributed by atoms with Gasteiger partial charge < -0.3 is 9.73 Å². The molecule has 1 aromatic heterocycles. The van der Waals surface area contributed by atoms with Crippen molar-refractivity contribution in [2.75, 3.05) is 5.32 Å². The van der Waals surface area contributed by atoms with Crippen molar-refractivity contribution in [3.05, 3.63) is 52.6 Å². The van der Waals surface area contributed by atoms with Gasteiger partial charge in [0.15, 0.2) is 5.58 Å². The van der Waals surface area contributed by atoms with Gasteiger partial charge in [0.1, 0.15) is 5.52 Å². The highest BCUT2D eigenvalue weighted by atomic mass is 16.6. The number of non-ortho nitro benzene ring substituents is 1. The van der Waals surface area contributed by atoms with E-state index in [0.717, 1.165) is 0 Å². The summed E-state index contributed by atoms with van der Waals surface area (Å²) in [7, 11) is 0. The lowest BCUT2D eigenvalue weighted by molar-refractivity contribution is -0.384. The number of hydrogen-bond acceptors (Lipinski definition) is 5. The molecular weight excluding hydrogens is 322 g/mol. The Hall–Kier alpha value is -3.22. The normalized spacial score (nSPS) is 11.5. The van der Waals surface area contributed by atoms with Crippen LogP contribution in [0.15, 0.2) is 46.9 Å². The van der Waals surface area contributed by atoms with Gasteiger partial charge in [0.2, 0.25) is 11.8 Å². The number of carbonyl (C=O) groups is 1. The van der Waals surface area contributed by atoms with Gasteiger partial charge in [-0.1, -0.05) is 32.9 Å². The molecule has 1 amide bonds. The summed E-state index contributed by atoms with van der Waals surface area (Å²) in [6.07, 6.45) is 0. The largest absolute Gasteiger partial charge is 0.436 e. The molecule has 0 aliphatic rings. The highest BCUT2D eigenvalue weighted by molar-refractivity contribution is 5.97. The van der Waals surface area contributed by atoms with Crippen LogP contribution in [0.2, 0.25) is 0 Å². The summed E-state index contributed by atoms with van der Waals surface area (Å²) in [6, 6.07) is 11.4. The molecule has 0 aliphatic heterocycles. The SMILES string of the molecule is CC(C)(C)C(=O)Nc1ccccc1-c1nc2ccc([N+](=O)[O-])cc2o1. The summed E-state index contributed by atoms with van der Waals surface area (Å²) < 4.78 is 5.69. The molecule has 1 heterocycles. The van der Waals surface area contributed by atoms with Crippen molar-refractivity contribution in [2.24, 2.45) is 5.41 Å². The molecule has 3 aromatic rings. The van der Waals surface area contributed by atoms with Crippen LogP contribution in [-0.2, 0) is 4.79 Å². The van der Waals surface area contributed by atoms with E-state index in [-0.39, 0.29) is 11.6 Å². The molecule has 1 N–H and O–H groups in total. The second-order valence-electron chi connectivity index (χ2n) is 6.68. The number of aromatic nitrogens is 1. The van der Waals surface area contributed by atoms with E-state index in [9.17, 15) is 14.9 Å². The second kappa shape index (κ2) is 6.01. The van der Waals surface area contributed by atoms with Crippen LogP contribution >= 0.6 is 0 Å². The van der Waals surface area contributed by atoms with Gasteiger partial charge in [0.05, 0.1) is 22.2 Å². The Kier molecular flexibility index (Phi) is 4.00. The monoisotopic (exact) mass is 339 g/mol. The Morgan fingerprint density at radius 3 is 2.60 bits per heavy atom. The molecule has 0 radical (unpaired) electrons. The summed E-state index contributed by atoms with van der Waals surface area (Å²) in [4.78, 5) is 27.0. The zero-order valence-electron chi connectivity index (χ0n) is 14.1. The zero-order valence-corrected chi connectivity index (χ0v) is 14.1. The average molecular weight is 339 g/mol. The first kappa shape index (κ1) is 16.6. The first-order chi connectivity index (χ1) is 11.8. The number of nitro benzene ring substituents is 1. The number of benzene rings is 2. The number of amides is 1. The van der Waals surface area contributed by atoms with E-state index in [1.807, 2.05) is 20.8 Å². The lowest BCUT2D eigenvalue weighted by Gasteiger charge is -2.18. The number of fused-ring (bicyclic) bond motifs is 1. The van der Waals surface area contributed by atoms with Crippen molar-refractivity contribution in [1.82, 2.24) is 4.98 Å². The predicted octanol–water partition coefficient (Wildman–Crippen LogP) is 4.39. The summed E-state index contributed by atoms with van der Waals surface area (Å²) in [5.74, 6) is 0.159. The maximum Gasteiger partial charge on any atom is 0.273 e.